The van der Waals surface area contributed by atoms with Gasteiger partial charge in [0.2, 0.25) is 5.88 Å². The number of carbonyl (C=O) groups is 1. The monoisotopic (exact) mass is 330 g/mol. The maximum atomic E-state index is 14.1. The fourth-order valence-corrected chi connectivity index (χ4v) is 1.80. The van der Waals surface area contributed by atoms with E-state index in [1.807, 2.05) is 6.92 Å². The van der Waals surface area contributed by atoms with E-state index in [2.05, 4.69) is 4.98 Å². The van der Waals surface area contributed by atoms with E-state index in [4.69, 9.17) is 15.2 Å². The lowest BCUT2D eigenvalue weighted by Gasteiger charge is -2.06. The number of nitrogen functional groups attached to an aromatic ring is 1. The van der Waals surface area contributed by atoms with Crippen molar-refractivity contribution in [3.05, 3.63) is 54.0 Å². The van der Waals surface area contributed by atoms with Crippen molar-refractivity contribution in [2.24, 2.45) is 0 Å². The molecule has 2 rings (SSSR count). The Morgan fingerprint density at radius 1 is 1.33 bits per heavy atom. The van der Waals surface area contributed by atoms with E-state index in [-0.39, 0.29) is 11.6 Å². The Labute approximate surface area is 139 Å². The topological polar surface area (TPSA) is 74.4 Å². The molecule has 126 valence electrons. The van der Waals surface area contributed by atoms with Gasteiger partial charge in [-0.15, -0.1) is 0 Å². The number of ether oxygens (including phenoxy) is 2. The van der Waals surface area contributed by atoms with Crippen LogP contribution in [0.5, 0.6) is 11.6 Å². The van der Waals surface area contributed by atoms with E-state index in [1.165, 1.54) is 30.5 Å². The van der Waals surface area contributed by atoms with Crippen LogP contribution in [0.3, 0.4) is 0 Å². The van der Waals surface area contributed by atoms with Crippen molar-refractivity contribution < 1.29 is 18.7 Å². The van der Waals surface area contributed by atoms with Crippen LogP contribution in [0.1, 0.15) is 25.3 Å². The molecule has 0 atom stereocenters. The lowest BCUT2D eigenvalue weighted by atomic mass is 10.2. The number of anilines is 1. The second-order valence-corrected chi connectivity index (χ2v) is 5.08. The van der Waals surface area contributed by atoms with Crippen molar-refractivity contribution in [3.63, 3.8) is 0 Å². The number of pyridine rings is 1. The molecule has 0 fully saturated rings. The molecule has 5 nitrogen and oxygen atoms in total. The zero-order chi connectivity index (χ0) is 17.4. The van der Waals surface area contributed by atoms with Crippen molar-refractivity contribution in [2.45, 2.75) is 19.8 Å². The number of nitrogens with zero attached hydrogens (tertiary/aromatic N) is 1. The molecule has 1 aromatic carbocycles. The van der Waals surface area contributed by atoms with E-state index >= 15 is 0 Å². The summed E-state index contributed by atoms with van der Waals surface area (Å²) in [6, 6.07) is 7.53. The number of unbranched alkanes of at least 4 members (excludes halogenated alkanes) is 1. The van der Waals surface area contributed by atoms with Gasteiger partial charge in [0.25, 0.3) is 0 Å². The second kappa shape index (κ2) is 8.67. The quantitative estimate of drug-likeness (QED) is 0.472. The fraction of sp³-hybridized carbons (Fsp3) is 0.222. The Kier molecular flexibility index (Phi) is 6.31. The minimum absolute atomic E-state index is 0.0370. The molecule has 0 bridgehead atoms. The average Bonchev–Trinajstić information content (AvgIpc) is 2.57. The number of nitrogens with two attached hydrogens (primary N) is 1. The maximum Gasteiger partial charge on any atom is 0.330 e. The highest BCUT2D eigenvalue weighted by atomic mass is 19.1. The minimum atomic E-state index is -0.560. The summed E-state index contributed by atoms with van der Waals surface area (Å²) < 4.78 is 24.4. The third-order valence-corrected chi connectivity index (χ3v) is 3.08. The molecular weight excluding hydrogens is 311 g/mol. The average molecular weight is 330 g/mol. The van der Waals surface area contributed by atoms with E-state index in [9.17, 15) is 9.18 Å². The number of rotatable bonds is 7. The number of hydrogen-bond donors (Lipinski definition) is 1. The number of aromatic nitrogens is 1. The standard InChI is InChI=1S/C18H19FN2O3/c1-2-3-10-23-18(22)9-5-13-4-7-16(15(19)11-13)24-17-8-6-14(20)12-21-17/h4-9,11-12H,2-3,10,20H2,1H3. The molecule has 1 heterocycles. The van der Waals surface area contributed by atoms with Crippen LogP contribution in [-0.2, 0) is 9.53 Å². The van der Waals surface area contributed by atoms with Gasteiger partial charge in [-0.25, -0.2) is 14.2 Å². The summed E-state index contributed by atoms with van der Waals surface area (Å²) in [6.45, 7) is 2.39. The van der Waals surface area contributed by atoms with Crippen LogP contribution in [-0.4, -0.2) is 17.6 Å². The van der Waals surface area contributed by atoms with Crippen LogP contribution >= 0.6 is 0 Å². The Bertz CT molecular complexity index is 715. The van der Waals surface area contributed by atoms with Gasteiger partial charge in [-0.05, 0) is 36.3 Å². The molecule has 1 aromatic heterocycles. The Hall–Kier alpha value is -2.89. The molecule has 0 unspecified atom stereocenters. The summed E-state index contributed by atoms with van der Waals surface area (Å²) in [6.07, 6.45) is 5.95. The van der Waals surface area contributed by atoms with Crippen LogP contribution in [0.4, 0.5) is 10.1 Å². The number of hydrogen-bond acceptors (Lipinski definition) is 5. The first-order valence-electron chi connectivity index (χ1n) is 7.62. The first-order valence-corrected chi connectivity index (χ1v) is 7.62. The lowest BCUT2D eigenvalue weighted by Crippen LogP contribution is -2.01. The van der Waals surface area contributed by atoms with Crippen LogP contribution in [0.25, 0.3) is 6.08 Å². The summed E-state index contributed by atoms with van der Waals surface area (Å²) in [5, 5.41) is 0. The van der Waals surface area contributed by atoms with Gasteiger partial charge in [0.05, 0.1) is 18.5 Å². The fourth-order valence-electron chi connectivity index (χ4n) is 1.80. The molecular formula is C18H19FN2O3. The summed E-state index contributed by atoms with van der Waals surface area (Å²) >= 11 is 0. The van der Waals surface area contributed by atoms with Gasteiger partial charge in [0.1, 0.15) is 0 Å². The zero-order valence-electron chi connectivity index (χ0n) is 13.4. The molecule has 0 aliphatic heterocycles. The minimum Gasteiger partial charge on any atom is -0.463 e. The molecule has 24 heavy (non-hydrogen) atoms. The highest BCUT2D eigenvalue weighted by Crippen LogP contribution is 2.24. The van der Waals surface area contributed by atoms with Crippen molar-refractivity contribution in [1.29, 1.82) is 0 Å². The molecule has 0 saturated carbocycles. The number of esters is 1. The molecule has 0 spiro atoms. The van der Waals surface area contributed by atoms with E-state index in [0.29, 0.717) is 17.9 Å². The number of carbonyl (C=O) groups excluding carboxylic acids is 1. The molecule has 0 amide bonds. The Balaban J connectivity index is 1.98. The van der Waals surface area contributed by atoms with Gasteiger partial charge < -0.3 is 15.2 Å². The highest BCUT2D eigenvalue weighted by molar-refractivity contribution is 5.87. The summed E-state index contributed by atoms with van der Waals surface area (Å²) in [5.74, 6) is -0.730. The normalized spacial score (nSPS) is 10.8. The number of halogens is 1. The van der Waals surface area contributed by atoms with Gasteiger partial charge in [-0.2, -0.15) is 0 Å². The van der Waals surface area contributed by atoms with Crippen molar-refractivity contribution in [1.82, 2.24) is 4.98 Å². The first-order chi connectivity index (χ1) is 11.6. The van der Waals surface area contributed by atoms with Gasteiger partial charge in [0.15, 0.2) is 11.6 Å². The van der Waals surface area contributed by atoms with E-state index in [0.717, 1.165) is 12.8 Å². The predicted octanol–water partition coefficient (Wildman–Crippen LogP) is 3.95. The van der Waals surface area contributed by atoms with Gasteiger partial charge in [0, 0.05) is 12.1 Å². The molecule has 6 heteroatoms. The summed E-state index contributed by atoms with van der Waals surface area (Å²) in [4.78, 5) is 15.4. The third kappa shape index (κ3) is 5.39. The predicted molar refractivity (Wildman–Crippen MR) is 90.0 cm³/mol. The molecule has 2 aromatic rings. The van der Waals surface area contributed by atoms with Crippen LogP contribution in [0, 0.1) is 5.82 Å². The van der Waals surface area contributed by atoms with Crippen LogP contribution < -0.4 is 10.5 Å². The SMILES string of the molecule is CCCCOC(=O)C=Cc1ccc(Oc2ccc(N)cn2)c(F)c1. The van der Waals surface area contributed by atoms with Gasteiger partial charge in [-0.1, -0.05) is 19.4 Å². The Morgan fingerprint density at radius 3 is 2.83 bits per heavy atom. The molecule has 2 N–H and O–H groups in total. The molecule has 0 aliphatic carbocycles. The van der Waals surface area contributed by atoms with Crippen LogP contribution in [0.15, 0.2) is 42.6 Å². The zero-order valence-corrected chi connectivity index (χ0v) is 13.4. The van der Waals surface area contributed by atoms with Crippen molar-refractivity contribution in [3.8, 4) is 11.6 Å². The van der Waals surface area contributed by atoms with Crippen molar-refractivity contribution in [2.75, 3.05) is 12.3 Å². The number of benzene rings is 1. The first kappa shape index (κ1) is 17.5. The van der Waals surface area contributed by atoms with Gasteiger partial charge in [-0.3, -0.25) is 0 Å². The highest BCUT2D eigenvalue weighted by Gasteiger charge is 2.06. The summed E-state index contributed by atoms with van der Waals surface area (Å²) in [5.41, 5.74) is 6.55. The maximum absolute atomic E-state index is 14.1. The molecule has 0 saturated heterocycles. The summed E-state index contributed by atoms with van der Waals surface area (Å²) in [7, 11) is 0. The second-order valence-electron chi connectivity index (χ2n) is 5.08. The molecule has 0 radical (unpaired) electrons. The smallest absolute Gasteiger partial charge is 0.330 e. The van der Waals surface area contributed by atoms with Crippen molar-refractivity contribution >= 4 is 17.7 Å². The lowest BCUT2D eigenvalue weighted by molar-refractivity contribution is -0.137. The third-order valence-electron chi connectivity index (χ3n) is 3.08. The van der Waals surface area contributed by atoms with E-state index < -0.39 is 11.8 Å². The Morgan fingerprint density at radius 2 is 2.17 bits per heavy atom. The molecule has 0 aliphatic rings. The van der Waals surface area contributed by atoms with Gasteiger partial charge >= 0.3 is 5.97 Å². The van der Waals surface area contributed by atoms with Crippen LogP contribution in [0.2, 0.25) is 0 Å². The largest absolute Gasteiger partial charge is 0.463 e. The van der Waals surface area contributed by atoms with E-state index in [1.54, 1.807) is 18.2 Å².